The predicted octanol–water partition coefficient (Wildman–Crippen LogP) is 15.3. The minimum absolute atomic E-state index is 0.0113. The monoisotopic (exact) mass is 823 g/mol. The van der Waals surface area contributed by atoms with Crippen molar-refractivity contribution >= 4 is 43.6 Å². The average Bonchev–Trinajstić information content (AvgIpc) is 3.69. The van der Waals surface area contributed by atoms with Gasteiger partial charge >= 0.3 is 0 Å². The first-order valence-corrected chi connectivity index (χ1v) is 20.6. The Hall–Kier alpha value is -5.94. The summed E-state index contributed by atoms with van der Waals surface area (Å²) in [5.41, 5.74) is 5.10. The van der Waals surface area contributed by atoms with Gasteiger partial charge in [-0.25, -0.2) is 22.0 Å². The predicted molar refractivity (Wildman–Crippen MR) is 240 cm³/mol. The zero-order valence-corrected chi connectivity index (χ0v) is 36.8. The van der Waals surface area contributed by atoms with E-state index >= 15 is 17.6 Å². The van der Waals surface area contributed by atoms with Gasteiger partial charge in [0.05, 0.1) is 39.0 Å². The molecule has 0 amide bonds. The fraction of sp³-hybridized carbons (Fsp3) is 0.302. The summed E-state index contributed by atoms with van der Waals surface area (Å²) < 4.78 is 81.2. The molecule has 0 fully saturated rings. The number of nitriles is 1. The smallest absolute Gasteiger partial charge is 0.200 e. The summed E-state index contributed by atoms with van der Waals surface area (Å²) in [5.74, 6) is -10.4. The first kappa shape index (κ1) is 41.8. The molecule has 8 aromatic rings. The number of hydrogen-bond acceptors (Lipinski definition) is 1. The van der Waals surface area contributed by atoms with Crippen LogP contribution in [0, 0.1) is 40.4 Å². The molecular weight excluding hydrogens is 774 g/mol. The first-order chi connectivity index (χ1) is 28.3. The third-order valence-electron chi connectivity index (χ3n) is 12.2. The fourth-order valence-corrected chi connectivity index (χ4v) is 8.57. The molecule has 0 atom stereocenters. The number of halogens is 5. The highest BCUT2D eigenvalue weighted by atomic mass is 19.2. The van der Waals surface area contributed by atoms with Crippen LogP contribution >= 0.6 is 0 Å². The molecule has 8 rings (SSSR count). The second-order valence-corrected chi connectivity index (χ2v) is 20.5. The molecule has 0 aliphatic rings. The Balaban J connectivity index is 1.60. The number of rotatable bonds is 3. The van der Waals surface area contributed by atoms with Crippen molar-refractivity contribution in [2.45, 2.75) is 105 Å². The lowest BCUT2D eigenvalue weighted by Gasteiger charge is -2.22. The zero-order valence-electron chi connectivity index (χ0n) is 36.8. The maximum absolute atomic E-state index is 16.2. The molecule has 6 aromatic carbocycles. The second-order valence-electron chi connectivity index (χ2n) is 20.5. The highest BCUT2D eigenvalue weighted by Gasteiger charge is 2.32. The molecule has 2 heterocycles. The molecule has 0 aliphatic heterocycles. The van der Waals surface area contributed by atoms with Gasteiger partial charge in [-0.3, -0.25) is 0 Å². The summed E-state index contributed by atoms with van der Waals surface area (Å²) in [7, 11) is 0. The van der Waals surface area contributed by atoms with Gasteiger partial charge in [-0.05, 0) is 105 Å². The van der Waals surface area contributed by atoms with Crippen molar-refractivity contribution in [3.8, 4) is 28.6 Å². The number of aromatic nitrogens is 2. The maximum Gasteiger partial charge on any atom is 0.200 e. The van der Waals surface area contributed by atoms with Gasteiger partial charge in [-0.2, -0.15) is 5.26 Å². The Morgan fingerprint density at radius 3 is 1.03 bits per heavy atom. The molecule has 0 N–H and O–H groups in total. The first-order valence-electron chi connectivity index (χ1n) is 20.6. The molecule has 0 unspecified atom stereocenters. The minimum Gasteiger partial charge on any atom is -0.308 e. The van der Waals surface area contributed by atoms with E-state index in [-0.39, 0.29) is 38.5 Å². The molecule has 0 saturated heterocycles. The van der Waals surface area contributed by atoms with E-state index in [2.05, 4.69) is 126 Å². The normalized spacial score (nSPS) is 13.0. The van der Waals surface area contributed by atoms with E-state index in [9.17, 15) is 9.65 Å². The van der Waals surface area contributed by atoms with Crippen molar-refractivity contribution in [1.29, 1.82) is 5.26 Å². The standard InChI is InChI=1S/C53H50F5N3/c1-50(2,3)28-13-18-38-33(23-28)34-24-29(51(4,5)6)14-19-39(34)60(38)42-22-17-32(43-44(54)46(56)48(58)47(57)45(43)55)49(37(42)27-59)61-40-20-15-30(52(7,8)9)25-35(40)36-26-31(53(10,11)12)16-21-41(36)61/h13-26H,1-12H3. The lowest BCUT2D eigenvalue weighted by Crippen LogP contribution is -2.12. The van der Waals surface area contributed by atoms with Gasteiger partial charge in [0.1, 0.15) is 11.6 Å². The molecule has 8 heteroatoms. The van der Waals surface area contributed by atoms with Crippen molar-refractivity contribution in [3.05, 3.63) is 142 Å². The van der Waals surface area contributed by atoms with Gasteiger partial charge in [0.25, 0.3) is 0 Å². The van der Waals surface area contributed by atoms with Gasteiger partial charge < -0.3 is 9.13 Å². The molecule has 0 spiro atoms. The Morgan fingerprint density at radius 1 is 0.410 bits per heavy atom. The Labute approximate surface area is 354 Å². The van der Waals surface area contributed by atoms with Crippen molar-refractivity contribution in [2.75, 3.05) is 0 Å². The van der Waals surface area contributed by atoms with Crippen molar-refractivity contribution < 1.29 is 22.0 Å². The lowest BCUT2D eigenvalue weighted by molar-refractivity contribution is 0.381. The quantitative estimate of drug-likeness (QED) is 0.0993. The second kappa shape index (κ2) is 13.8. The van der Waals surface area contributed by atoms with Gasteiger partial charge in [0.2, 0.25) is 5.82 Å². The fourth-order valence-electron chi connectivity index (χ4n) is 8.57. The van der Waals surface area contributed by atoms with Crippen LogP contribution in [0.1, 0.15) is 111 Å². The van der Waals surface area contributed by atoms with Crippen molar-refractivity contribution in [1.82, 2.24) is 9.13 Å². The summed E-state index contributed by atoms with van der Waals surface area (Å²) in [4.78, 5) is 0. The van der Waals surface area contributed by atoms with Crippen LogP contribution in [-0.4, -0.2) is 9.13 Å². The maximum atomic E-state index is 16.2. The topological polar surface area (TPSA) is 33.6 Å². The molecule has 0 radical (unpaired) electrons. The third kappa shape index (κ3) is 6.59. The molecule has 0 saturated carbocycles. The van der Waals surface area contributed by atoms with E-state index in [1.807, 2.05) is 41.0 Å². The summed E-state index contributed by atoms with van der Waals surface area (Å²) in [6.07, 6.45) is 0. The molecule has 312 valence electrons. The molecular formula is C53H50F5N3. The number of fused-ring (bicyclic) bond motifs is 6. The van der Waals surface area contributed by atoms with E-state index in [0.29, 0.717) is 16.7 Å². The SMILES string of the molecule is CC(C)(C)c1ccc2c(c1)c1cc(C(C)(C)C)ccc1n2-c1ccc(-c2c(F)c(F)c(F)c(F)c2F)c(-n2c3ccc(C(C)(C)C)cc3c3cc(C(C)(C)C)ccc32)c1C#N. The Kier molecular flexibility index (Phi) is 9.44. The summed E-state index contributed by atoms with van der Waals surface area (Å²) in [6, 6.07) is 29.7. The van der Waals surface area contributed by atoms with E-state index < -0.39 is 34.6 Å². The minimum atomic E-state index is -2.26. The van der Waals surface area contributed by atoms with Gasteiger partial charge in [-0.15, -0.1) is 0 Å². The van der Waals surface area contributed by atoms with Gasteiger partial charge in [0.15, 0.2) is 23.3 Å². The number of benzene rings is 6. The molecule has 2 aromatic heterocycles. The van der Waals surface area contributed by atoms with Gasteiger partial charge in [0, 0.05) is 27.1 Å². The van der Waals surface area contributed by atoms with Crippen LogP contribution in [0.4, 0.5) is 22.0 Å². The van der Waals surface area contributed by atoms with E-state index in [0.717, 1.165) is 54.8 Å². The van der Waals surface area contributed by atoms with E-state index in [1.165, 1.54) is 6.07 Å². The van der Waals surface area contributed by atoms with E-state index in [1.54, 1.807) is 10.6 Å². The summed E-state index contributed by atoms with van der Waals surface area (Å²) in [5, 5.41) is 15.0. The van der Waals surface area contributed by atoms with Crippen molar-refractivity contribution in [3.63, 3.8) is 0 Å². The summed E-state index contributed by atoms with van der Waals surface area (Å²) >= 11 is 0. The lowest BCUT2D eigenvalue weighted by atomic mass is 9.85. The highest BCUT2D eigenvalue weighted by Crippen LogP contribution is 2.46. The molecule has 61 heavy (non-hydrogen) atoms. The molecule has 0 bridgehead atoms. The van der Waals surface area contributed by atoms with Crippen LogP contribution in [-0.2, 0) is 21.7 Å². The highest BCUT2D eigenvalue weighted by molar-refractivity contribution is 6.12. The van der Waals surface area contributed by atoms with Crippen LogP contribution in [0.5, 0.6) is 0 Å². The average molecular weight is 824 g/mol. The van der Waals surface area contributed by atoms with Crippen LogP contribution in [0.2, 0.25) is 0 Å². The molecule has 0 aliphatic carbocycles. The number of hydrogen-bond donors (Lipinski definition) is 0. The Morgan fingerprint density at radius 2 is 0.721 bits per heavy atom. The van der Waals surface area contributed by atoms with Gasteiger partial charge in [-0.1, -0.05) is 107 Å². The van der Waals surface area contributed by atoms with Crippen LogP contribution in [0.3, 0.4) is 0 Å². The number of nitrogens with zero attached hydrogens (tertiary/aromatic N) is 3. The third-order valence-corrected chi connectivity index (χ3v) is 12.2. The van der Waals surface area contributed by atoms with Crippen LogP contribution < -0.4 is 0 Å². The molecule has 3 nitrogen and oxygen atoms in total. The largest absolute Gasteiger partial charge is 0.308 e. The van der Waals surface area contributed by atoms with Crippen LogP contribution in [0.25, 0.3) is 66.1 Å². The van der Waals surface area contributed by atoms with Crippen LogP contribution in [0.15, 0.2) is 84.9 Å². The summed E-state index contributed by atoms with van der Waals surface area (Å²) in [6.45, 7) is 25.5. The zero-order chi connectivity index (χ0) is 44.5. The van der Waals surface area contributed by atoms with E-state index in [4.69, 9.17) is 0 Å². The van der Waals surface area contributed by atoms with Crippen molar-refractivity contribution in [2.24, 2.45) is 0 Å². The Bertz CT molecular complexity index is 3010.